The minimum absolute atomic E-state index is 0.619. The van der Waals surface area contributed by atoms with Crippen LogP contribution in [0.5, 0.6) is 11.5 Å². The minimum Gasteiger partial charge on any atom is -0.394 e. The second-order valence-corrected chi connectivity index (χ2v) is 7.80. The Morgan fingerprint density at radius 3 is 1.90 bits per heavy atom. The zero-order valence-electron chi connectivity index (χ0n) is 19.5. The fraction of sp³-hybridized carbons (Fsp3) is 0.519. The van der Waals surface area contributed by atoms with Crippen LogP contribution in [-0.4, -0.2) is 6.16 Å². The number of carbonyl (C=O) groups excluding carboxylic acids is 1. The highest BCUT2D eigenvalue weighted by atomic mass is 16.7. The Hall–Kier alpha value is -2.29. The van der Waals surface area contributed by atoms with Crippen LogP contribution in [0.4, 0.5) is 4.79 Å². The minimum atomic E-state index is -0.651. The first-order valence-corrected chi connectivity index (χ1v) is 11.7. The molecule has 2 aromatic rings. The molecule has 0 aliphatic carbocycles. The van der Waals surface area contributed by atoms with Crippen LogP contribution < -0.4 is 9.47 Å². The zero-order valence-corrected chi connectivity index (χ0v) is 19.5. The van der Waals surface area contributed by atoms with Gasteiger partial charge in [-0.3, -0.25) is 0 Å². The fourth-order valence-electron chi connectivity index (χ4n) is 4.12. The van der Waals surface area contributed by atoms with Crippen LogP contribution in [-0.2, 0) is 32.1 Å². The van der Waals surface area contributed by atoms with Gasteiger partial charge in [0.2, 0.25) is 0 Å². The fourth-order valence-corrected chi connectivity index (χ4v) is 4.12. The molecule has 0 fully saturated rings. The maximum Gasteiger partial charge on any atom is 0.519 e. The summed E-state index contributed by atoms with van der Waals surface area (Å²) in [6, 6.07) is 10.0. The Morgan fingerprint density at radius 1 is 0.667 bits per heavy atom. The third-order valence-electron chi connectivity index (χ3n) is 5.77. The van der Waals surface area contributed by atoms with Gasteiger partial charge in [-0.2, -0.15) is 0 Å². The summed E-state index contributed by atoms with van der Waals surface area (Å²) in [5, 5.41) is 0. The second kappa shape index (κ2) is 12.4. The van der Waals surface area contributed by atoms with Crippen LogP contribution >= 0.6 is 0 Å². The SMILES string of the molecule is CCCCc1cccc(OC(=O)Oc2ccc(CC)c(CC)c2CC)c1CCCC. The summed E-state index contributed by atoms with van der Waals surface area (Å²) in [6.07, 6.45) is 8.48. The molecule has 0 spiro atoms. The lowest BCUT2D eigenvalue weighted by atomic mass is 9.95. The number of benzene rings is 2. The molecule has 0 unspecified atom stereocenters. The van der Waals surface area contributed by atoms with Gasteiger partial charge in [0.05, 0.1) is 0 Å². The van der Waals surface area contributed by atoms with Crippen LogP contribution in [0.25, 0.3) is 0 Å². The largest absolute Gasteiger partial charge is 0.519 e. The van der Waals surface area contributed by atoms with Crippen molar-refractivity contribution < 1.29 is 14.3 Å². The van der Waals surface area contributed by atoms with E-state index in [4.69, 9.17) is 9.47 Å². The van der Waals surface area contributed by atoms with Crippen LogP contribution in [0.3, 0.4) is 0 Å². The number of unbranched alkanes of at least 4 members (excludes halogenated alkanes) is 2. The molecule has 0 radical (unpaired) electrons. The highest BCUT2D eigenvalue weighted by Crippen LogP contribution is 2.30. The number of ether oxygens (including phenoxy) is 2. The molecule has 0 aromatic heterocycles. The van der Waals surface area contributed by atoms with Gasteiger partial charge in [0.1, 0.15) is 11.5 Å². The van der Waals surface area contributed by atoms with E-state index < -0.39 is 6.16 Å². The summed E-state index contributed by atoms with van der Waals surface area (Å²) in [4.78, 5) is 12.7. The third-order valence-corrected chi connectivity index (χ3v) is 5.77. The van der Waals surface area contributed by atoms with Gasteiger partial charge in [0.15, 0.2) is 0 Å². The van der Waals surface area contributed by atoms with Gasteiger partial charge in [-0.15, -0.1) is 0 Å². The number of carbonyl (C=O) groups is 1. The van der Waals surface area contributed by atoms with Crippen LogP contribution in [0.15, 0.2) is 30.3 Å². The summed E-state index contributed by atoms with van der Waals surface area (Å²) in [5.74, 6) is 1.26. The summed E-state index contributed by atoms with van der Waals surface area (Å²) < 4.78 is 11.4. The van der Waals surface area contributed by atoms with E-state index >= 15 is 0 Å². The van der Waals surface area contributed by atoms with E-state index in [9.17, 15) is 4.79 Å². The molecule has 0 aliphatic rings. The van der Waals surface area contributed by atoms with Crippen molar-refractivity contribution in [1.29, 1.82) is 0 Å². The quantitative estimate of drug-likeness (QED) is 0.282. The Bertz CT molecular complexity index is 823. The lowest BCUT2D eigenvalue weighted by Gasteiger charge is -2.17. The van der Waals surface area contributed by atoms with E-state index in [-0.39, 0.29) is 0 Å². The number of rotatable bonds is 11. The first kappa shape index (κ1) is 24.0. The van der Waals surface area contributed by atoms with Crippen molar-refractivity contribution >= 4 is 6.16 Å². The van der Waals surface area contributed by atoms with Crippen molar-refractivity contribution in [1.82, 2.24) is 0 Å². The van der Waals surface area contributed by atoms with E-state index in [0.717, 1.165) is 68.9 Å². The van der Waals surface area contributed by atoms with Crippen molar-refractivity contribution in [2.45, 2.75) is 92.4 Å². The van der Waals surface area contributed by atoms with Crippen molar-refractivity contribution in [3.8, 4) is 11.5 Å². The number of aryl methyl sites for hydroxylation is 2. The standard InChI is InChI=1S/C27H38O3/c1-6-11-14-21-15-13-17-25(24(21)16-12-7-2)29-27(28)30-26-19-18-20(8-3)22(9-4)23(26)10-5/h13,15,17-19H,6-12,14,16H2,1-5H3. The second-order valence-electron chi connectivity index (χ2n) is 7.80. The molecule has 0 heterocycles. The highest BCUT2D eigenvalue weighted by Gasteiger charge is 2.18. The molecule has 0 N–H and O–H groups in total. The Morgan fingerprint density at radius 2 is 1.30 bits per heavy atom. The molecule has 0 atom stereocenters. The summed E-state index contributed by atoms with van der Waals surface area (Å²) >= 11 is 0. The Balaban J connectivity index is 2.26. The molecule has 30 heavy (non-hydrogen) atoms. The van der Waals surface area contributed by atoms with Gasteiger partial charge < -0.3 is 9.47 Å². The number of hydrogen-bond donors (Lipinski definition) is 0. The maximum absolute atomic E-state index is 12.7. The monoisotopic (exact) mass is 410 g/mol. The van der Waals surface area contributed by atoms with Crippen molar-refractivity contribution in [2.24, 2.45) is 0 Å². The van der Waals surface area contributed by atoms with Gasteiger partial charge in [-0.25, -0.2) is 4.79 Å². The zero-order chi connectivity index (χ0) is 21.9. The topological polar surface area (TPSA) is 35.5 Å². The molecule has 0 aliphatic heterocycles. The predicted molar refractivity (Wildman–Crippen MR) is 125 cm³/mol. The average Bonchev–Trinajstić information content (AvgIpc) is 2.76. The first-order valence-electron chi connectivity index (χ1n) is 11.7. The predicted octanol–water partition coefficient (Wildman–Crippen LogP) is 7.64. The van der Waals surface area contributed by atoms with Gasteiger partial charge in [-0.05, 0) is 84.9 Å². The summed E-state index contributed by atoms with van der Waals surface area (Å²) in [7, 11) is 0. The Kier molecular flexibility index (Phi) is 9.93. The van der Waals surface area contributed by atoms with Crippen LogP contribution in [0, 0.1) is 0 Å². The van der Waals surface area contributed by atoms with E-state index in [0.29, 0.717) is 11.5 Å². The molecule has 3 nitrogen and oxygen atoms in total. The smallest absolute Gasteiger partial charge is 0.394 e. The van der Waals surface area contributed by atoms with Gasteiger partial charge in [0.25, 0.3) is 0 Å². The van der Waals surface area contributed by atoms with Crippen molar-refractivity contribution in [3.05, 3.63) is 58.1 Å². The lowest BCUT2D eigenvalue weighted by molar-refractivity contribution is 0.151. The van der Waals surface area contributed by atoms with E-state index in [1.54, 1.807) is 0 Å². The molecular weight excluding hydrogens is 372 g/mol. The number of hydrogen-bond acceptors (Lipinski definition) is 3. The van der Waals surface area contributed by atoms with Crippen molar-refractivity contribution in [3.63, 3.8) is 0 Å². The normalized spacial score (nSPS) is 10.8. The molecule has 164 valence electrons. The van der Waals surface area contributed by atoms with Crippen LogP contribution in [0.1, 0.15) is 88.1 Å². The van der Waals surface area contributed by atoms with E-state index in [1.165, 1.54) is 16.7 Å². The van der Waals surface area contributed by atoms with Gasteiger partial charge in [0, 0.05) is 0 Å². The Labute approximate surface area is 182 Å². The van der Waals surface area contributed by atoms with E-state index in [1.807, 2.05) is 18.2 Å². The molecule has 0 saturated heterocycles. The molecule has 0 bridgehead atoms. The molecule has 0 saturated carbocycles. The average molecular weight is 411 g/mol. The molecule has 3 heteroatoms. The van der Waals surface area contributed by atoms with E-state index in [2.05, 4.69) is 46.8 Å². The van der Waals surface area contributed by atoms with Gasteiger partial charge >= 0.3 is 6.16 Å². The van der Waals surface area contributed by atoms with Crippen molar-refractivity contribution in [2.75, 3.05) is 0 Å². The lowest BCUT2D eigenvalue weighted by Crippen LogP contribution is -2.17. The molecule has 2 rings (SSSR count). The van der Waals surface area contributed by atoms with Gasteiger partial charge in [-0.1, -0.05) is 65.7 Å². The molecule has 0 amide bonds. The first-order chi connectivity index (χ1) is 14.6. The highest BCUT2D eigenvalue weighted by molar-refractivity contribution is 5.69. The molecule has 2 aromatic carbocycles. The summed E-state index contributed by atoms with van der Waals surface area (Å²) in [5.41, 5.74) is 6.15. The summed E-state index contributed by atoms with van der Waals surface area (Å²) in [6.45, 7) is 10.8. The third kappa shape index (κ3) is 6.10. The maximum atomic E-state index is 12.7. The molecular formula is C27H38O3. The van der Waals surface area contributed by atoms with Crippen LogP contribution in [0.2, 0.25) is 0 Å².